The number of oxazole rings is 1. The van der Waals surface area contributed by atoms with Gasteiger partial charge in [-0.05, 0) is 67.4 Å². The van der Waals surface area contributed by atoms with Crippen LogP contribution in [0.5, 0.6) is 5.75 Å². The molecule has 0 N–H and O–H groups in total. The Bertz CT molecular complexity index is 1500. The number of benzene rings is 3. The molecule has 0 bridgehead atoms. The molecule has 2 aliphatic rings. The number of carbonyl (C=O) groups is 3. The Labute approximate surface area is 226 Å². The van der Waals surface area contributed by atoms with E-state index in [2.05, 4.69) is 4.98 Å². The summed E-state index contributed by atoms with van der Waals surface area (Å²) in [5.41, 5.74) is 3.09. The van der Waals surface area contributed by atoms with Crippen LogP contribution in [0, 0.1) is 0 Å². The third kappa shape index (κ3) is 4.67. The summed E-state index contributed by atoms with van der Waals surface area (Å²) in [6, 6.07) is 20.5. The first-order valence-corrected chi connectivity index (χ1v) is 13.3. The molecule has 1 saturated carbocycles. The van der Waals surface area contributed by atoms with Crippen molar-refractivity contribution in [1.82, 2.24) is 9.88 Å². The van der Waals surface area contributed by atoms with E-state index in [0.29, 0.717) is 28.5 Å². The molecule has 2 fully saturated rings. The van der Waals surface area contributed by atoms with Gasteiger partial charge in [-0.1, -0.05) is 37.5 Å². The zero-order chi connectivity index (χ0) is 26.9. The standard InChI is InChI=1S/C31H29N3O5/c1-38-24-11-7-8-21(18-24)30(36)33(22-9-3-2-4-10-22)26-19-28(35)34(31(26)37)23-16-14-20(15-17-23)29-32-25-12-5-6-13-27(25)39-29/h5-8,11-18,22,26H,2-4,9-10,19H2,1H3. The third-order valence-electron chi connectivity index (χ3n) is 7.64. The topological polar surface area (TPSA) is 92.9 Å². The van der Waals surface area contributed by atoms with E-state index in [1.54, 1.807) is 60.5 Å². The third-order valence-corrected chi connectivity index (χ3v) is 7.64. The van der Waals surface area contributed by atoms with Gasteiger partial charge in [0.05, 0.1) is 19.2 Å². The average Bonchev–Trinajstić information content (AvgIpc) is 3.54. The number of rotatable bonds is 6. The fraction of sp³-hybridized carbons (Fsp3) is 0.290. The van der Waals surface area contributed by atoms with Crippen LogP contribution in [0.25, 0.3) is 22.6 Å². The minimum Gasteiger partial charge on any atom is -0.497 e. The van der Waals surface area contributed by atoms with Crippen LogP contribution in [0.2, 0.25) is 0 Å². The van der Waals surface area contributed by atoms with Crippen LogP contribution in [-0.4, -0.2) is 46.8 Å². The molecule has 39 heavy (non-hydrogen) atoms. The highest BCUT2D eigenvalue weighted by Gasteiger charge is 2.46. The molecule has 0 radical (unpaired) electrons. The van der Waals surface area contributed by atoms with E-state index >= 15 is 0 Å². The molecular weight excluding hydrogens is 494 g/mol. The van der Waals surface area contributed by atoms with Gasteiger partial charge >= 0.3 is 0 Å². The molecule has 6 rings (SSSR count). The Hall–Kier alpha value is -4.46. The summed E-state index contributed by atoms with van der Waals surface area (Å²) in [5, 5.41) is 0. The number of methoxy groups -OCH3 is 1. The van der Waals surface area contributed by atoms with Gasteiger partial charge in [0.25, 0.3) is 11.8 Å². The maximum atomic E-state index is 13.8. The monoisotopic (exact) mass is 523 g/mol. The van der Waals surface area contributed by atoms with Gasteiger partial charge in [-0.2, -0.15) is 0 Å². The number of hydrogen-bond acceptors (Lipinski definition) is 6. The molecule has 0 spiro atoms. The quantitative estimate of drug-likeness (QED) is 0.305. The number of imide groups is 1. The molecule has 198 valence electrons. The van der Waals surface area contributed by atoms with Crippen molar-refractivity contribution in [1.29, 1.82) is 0 Å². The van der Waals surface area contributed by atoms with Crippen LogP contribution in [0.1, 0.15) is 48.9 Å². The normalized spacial score (nSPS) is 18.1. The van der Waals surface area contributed by atoms with Crippen LogP contribution in [0.4, 0.5) is 5.69 Å². The number of nitrogens with zero attached hydrogens (tertiary/aromatic N) is 3. The zero-order valence-electron chi connectivity index (χ0n) is 21.7. The van der Waals surface area contributed by atoms with Crippen LogP contribution in [0.15, 0.2) is 77.2 Å². The highest BCUT2D eigenvalue weighted by molar-refractivity contribution is 6.23. The van der Waals surface area contributed by atoms with Crippen molar-refractivity contribution in [2.24, 2.45) is 0 Å². The molecule has 3 amide bonds. The first kappa shape index (κ1) is 24.9. The average molecular weight is 524 g/mol. The molecule has 1 aromatic heterocycles. The molecule has 8 heteroatoms. The predicted molar refractivity (Wildman–Crippen MR) is 146 cm³/mol. The maximum absolute atomic E-state index is 13.8. The fourth-order valence-corrected chi connectivity index (χ4v) is 5.68. The van der Waals surface area contributed by atoms with Gasteiger partial charge in [-0.25, -0.2) is 9.88 Å². The van der Waals surface area contributed by atoms with Crippen LogP contribution in [-0.2, 0) is 9.59 Å². The van der Waals surface area contributed by atoms with Crippen LogP contribution >= 0.6 is 0 Å². The van der Waals surface area contributed by atoms with E-state index in [1.165, 1.54) is 4.90 Å². The summed E-state index contributed by atoms with van der Waals surface area (Å²) in [5.74, 6) is 0.0846. The second-order valence-electron chi connectivity index (χ2n) is 10.1. The summed E-state index contributed by atoms with van der Waals surface area (Å²) >= 11 is 0. The number of fused-ring (bicyclic) bond motifs is 1. The summed E-state index contributed by atoms with van der Waals surface area (Å²) in [6.45, 7) is 0. The van der Waals surface area contributed by atoms with Crippen LogP contribution < -0.4 is 9.64 Å². The minimum absolute atomic E-state index is 0.0437. The van der Waals surface area contributed by atoms with Gasteiger partial charge in [-0.3, -0.25) is 14.4 Å². The molecular formula is C31H29N3O5. The Morgan fingerprint density at radius 2 is 1.74 bits per heavy atom. The molecule has 2 heterocycles. The van der Waals surface area contributed by atoms with Gasteiger partial charge in [0.2, 0.25) is 11.8 Å². The van der Waals surface area contributed by atoms with E-state index in [1.807, 2.05) is 24.3 Å². The SMILES string of the molecule is COc1cccc(C(=O)N(C2CCCCC2)C2CC(=O)N(c3ccc(-c4nc5ccccc5o4)cc3)C2=O)c1. The number of amides is 3. The van der Waals surface area contributed by atoms with Crippen molar-refractivity contribution < 1.29 is 23.5 Å². The first-order chi connectivity index (χ1) is 19.0. The predicted octanol–water partition coefficient (Wildman–Crippen LogP) is 5.61. The summed E-state index contributed by atoms with van der Waals surface area (Å²) in [7, 11) is 1.55. The van der Waals surface area contributed by atoms with Crippen molar-refractivity contribution in [3.63, 3.8) is 0 Å². The number of carbonyl (C=O) groups excluding carboxylic acids is 3. The second kappa shape index (κ2) is 10.4. The molecule has 1 aliphatic carbocycles. The molecule has 8 nitrogen and oxygen atoms in total. The molecule has 1 atom stereocenters. The van der Waals surface area contributed by atoms with Crippen molar-refractivity contribution in [3.05, 3.63) is 78.4 Å². The van der Waals surface area contributed by atoms with Crippen LogP contribution in [0.3, 0.4) is 0 Å². The van der Waals surface area contributed by atoms with Crippen molar-refractivity contribution in [2.45, 2.75) is 50.6 Å². The van der Waals surface area contributed by atoms with Gasteiger partial charge in [-0.15, -0.1) is 0 Å². The van der Waals surface area contributed by atoms with E-state index in [0.717, 1.165) is 43.2 Å². The number of ether oxygens (including phenoxy) is 1. The minimum atomic E-state index is -0.851. The number of anilines is 1. The fourth-order valence-electron chi connectivity index (χ4n) is 5.68. The lowest BCUT2D eigenvalue weighted by molar-refractivity contribution is -0.123. The largest absolute Gasteiger partial charge is 0.497 e. The smallest absolute Gasteiger partial charge is 0.257 e. The van der Waals surface area contributed by atoms with Crippen molar-refractivity contribution >= 4 is 34.5 Å². The Kier molecular flexibility index (Phi) is 6.60. The van der Waals surface area contributed by atoms with Crippen molar-refractivity contribution in [2.75, 3.05) is 12.0 Å². The number of para-hydroxylation sites is 2. The second-order valence-corrected chi connectivity index (χ2v) is 10.1. The summed E-state index contributed by atoms with van der Waals surface area (Å²) < 4.78 is 11.2. The number of aromatic nitrogens is 1. The van der Waals surface area contributed by atoms with Crippen molar-refractivity contribution in [3.8, 4) is 17.2 Å². The zero-order valence-corrected chi connectivity index (χ0v) is 21.7. The lowest BCUT2D eigenvalue weighted by atomic mass is 9.92. The maximum Gasteiger partial charge on any atom is 0.257 e. The molecule has 3 aromatic carbocycles. The number of hydrogen-bond donors (Lipinski definition) is 0. The summed E-state index contributed by atoms with van der Waals surface area (Å²) in [6.07, 6.45) is 4.66. The first-order valence-electron chi connectivity index (χ1n) is 13.3. The summed E-state index contributed by atoms with van der Waals surface area (Å²) in [4.78, 5) is 48.3. The lowest BCUT2D eigenvalue weighted by Gasteiger charge is -2.37. The Balaban J connectivity index is 1.28. The lowest BCUT2D eigenvalue weighted by Crippen LogP contribution is -2.51. The van der Waals surface area contributed by atoms with E-state index in [9.17, 15) is 14.4 Å². The molecule has 1 unspecified atom stereocenters. The highest BCUT2D eigenvalue weighted by Crippen LogP contribution is 2.34. The Morgan fingerprint density at radius 3 is 2.49 bits per heavy atom. The van der Waals surface area contributed by atoms with E-state index < -0.39 is 6.04 Å². The van der Waals surface area contributed by atoms with Gasteiger partial charge in [0.1, 0.15) is 17.3 Å². The molecule has 1 aliphatic heterocycles. The van der Waals surface area contributed by atoms with Gasteiger partial charge in [0, 0.05) is 17.2 Å². The molecule has 4 aromatic rings. The van der Waals surface area contributed by atoms with Gasteiger partial charge < -0.3 is 14.1 Å². The van der Waals surface area contributed by atoms with Gasteiger partial charge in [0.15, 0.2) is 5.58 Å². The Morgan fingerprint density at radius 1 is 0.974 bits per heavy atom. The highest BCUT2D eigenvalue weighted by atomic mass is 16.5. The van der Waals surface area contributed by atoms with E-state index in [4.69, 9.17) is 9.15 Å². The molecule has 1 saturated heterocycles. The van der Waals surface area contributed by atoms with E-state index in [-0.39, 0.29) is 30.2 Å².